The quantitative estimate of drug-likeness (QED) is 0.692. The number of benzene rings is 1. The SMILES string of the molecule is CCCCCCOc1ccc(CC2C(O)C3CCN2CC3)cc1OC. The Morgan fingerprint density at radius 3 is 2.60 bits per heavy atom. The first-order valence-electron chi connectivity index (χ1n) is 9.94. The first kappa shape index (κ1) is 18.5. The first-order valence-corrected chi connectivity index (χ1v) is 9.94. The summed E-state index contributed by atoms with van der Waals surface area (Å²) in [5.41, 5.74) is 1.21. The summed E-state index contributed by atoms with van der Waals surface area (Å²) in [5.74, 6) is 2.12. The average Bonchev–Trinajstić information content (AvgIpc) is 2.65. The zero-order valence-corrected chi connectivity index (χ0v) is 15.7. The van der Waals surface area contributed by atoms with E-state index in [0.717, 1.165) is 56.9 Å². The van der Waals surface area contributed by atoms with Crippen molar-refractivity contribution in [2.75, 3.05) is 26.8 Å². The van der Waals surface area contributed by atoms with Gasteiger partial charge in [-0.15, -0.1) is 0 Å². The number of rotatable bonds is 9. The molecule has 1 N–H and O–H groups in total. The molecule has 0 radical (unpaired) electrons. The summed E-state index contributed by atoms with van der Waals surface area (Å²) in [7, 11) is 1.70. The maximum atomic E-state index is 10.6. The van der Waals surface area contributed by atoms with Crippen molar-refractivity contribution in [3.8, 4) is 11.5 Å². The van der Waals surface area contributed by atoms with Crippen LogP contribution in [0, 0.1) is 5.92 Å². The average molecular weight is 347 g/mol. The lowest BCUT2D eigenvalue weighted by Crippen LogP contribution is -2.58. The molecule has 0 aliphatic carbocycles. The minimum atomic E-state index is -0.192. The Bertz CT molecular complexity index is 538. The molecule has 0 saturated carbocycles. The Balaban J connectivity index is 1.59. The molecule has 140 valence electrons. The zero-order valence-electron chi connectivity index (χ0n) is 15.7. The van der Waals surface area contributed by atoms with Crippen LogP contribution in [0.1, 0.15) is 51.0 Å². The van der Waals surface area contributed by atoms with Crippen LogP contribution in [0.4, 0.5) is 0 Å². The smallest absolute Gasteiger partial charge is 0.161 e. The first-order chi connectivity index (χ1) is 12.2. The van der Waals surface area contributed by atoms with Crippen molar-refractivity contribution >= 4 is 0 Å². The molecule has 3 aliphatic heterocycles. The van der Waals surface area contributed by atoms with Crippen molar-refractivity contribution in [1.82, 2.24) is 4.90 Å². The summed E-state index contributed by atoms with van der Waals surface area (Å²) < 4.78 is 11.4. The molecule has 2 unspecified atom stereocenters. The number of fused-ring (bicyclic) bond motifs is 3. The third kappa shape index (κ3) is 4.48. The number of nitrogens with zero attached hydrogens (tertiary/aromatic N) is 1. The fourth-order valence-electron chi connectivity index (χ4n) is 4.28. The summed E-state index contributed by atoms with van der Waals surface area (Å²) in [6, 6.07) is 6.48. The second-order valence-corrected chi connectivity index (χ2v) is 7.53. The highest BCUT2D eigenvalue weighted by molar-refractivity contribution is 5.43. The molecular formula is C21H33NO3. The van der Waals surface area contributed by atoms with Crippen molar-refractivity contribution < 1.29 is 14.6 Å². The number of ether oxygens (including phenoxy) is 2. The highest BCUT2D eigenvalue weighted by Crippen LogP contribution is 2.35. The molecular weight excluding hydrogens is 314 g/mol. The number of unbranched alkanes of at least 4 members (excludes halogenated alkanes) is 3. The van der Waals surface area contributed by atoms with Crippen LogP contribution in [-0.2, 0) is 6.42 Å². The minimum Gasteiger partial charge on any atom is -0.493 e. The van der Waals surface area contributed by atoms with Gasteiger partial charge in [0.25, 0.3) is 0 Å². The van der Waals surface area contributed by atoms with Gasteiger partial charge >= 0.3 is 0 Å². The van der Waals surface area contributed by atoms with Crippen LogP contribution in [0.5, 0.6) is 11.5 Å². The van der Waals surface area contributed by atoms with E-state index in [1.807, 2.05) is 6.07 Å². The highest BCUT2D eigenvalue weighted by Gasteiger charge is 2.40. The lowest BCUT2D eigenvalue weighted by atomic mass is 9.78. The van der Waals surface area contributed by atoms with E-state index in [1.165, 1.54) is 24.8 Å². The van der Waals surface area contributed by atoms with Gasteiger partial charge in [-0.3, -0.25) is 4.90 Å². The van der Waals surface area contributed by atoms with Crippen LogP contribution in [0.15, 0.2) is 18.2 Å². The van der Waals surface area contributed by atoms with Crippen LogP contribution in [0.3, 0.4) is 0 Å². The van der Waals surface area contributed by atoms with Crippen molar-refractivity contribution in [3.63, 3.8) is 0 Å². The Kier molecular flexibility index (Phi) is 6.60. The molecule has 3 fully saturated rings. The van der Waals surface area contributed by atoms with Gasteiger partial charge in [-0.1, -0.05) is 32.3 Å². The molecule has 25 heavy (non-hydrogen) atoms. The van der Waals surface area contributed by atoms with Gasteiger partial charge in [0.05, 0.1) is 19.8 Å². The van der Waals surface area contributed by atoms with Crippen molar-refractivity contribution in [2.45, 2.75) is 64.0 Å². The van der Waals surface area contributed by atoms with Gasteiger partial charge in [-0.2, -0.15) is 0 Å². The molecule has 4 heteroatoms. The molecule has 3 heterocycles. The minimum absolute atomic E-state index is 0.192. The standard InChI is InChI=1S/C21H33NO3/c1-3-4-5-6-13-25-19-8-7-16(15-20(19)24-2)14-18-21(23)17-9-11-22(18)12-10-17/h7-8,15,17-18,21,23H,3-6,9-14H2,1-2H3. The lowest BCUT2D eigenvalue weighted by Gasteiger charge is -2.49. The van der Waals surface area contributed by atoms with Gasteiger partial charge in [0.2, 0.25) is 0 Å². The van der Waals surface area contributed by atoms with Crippen molar-refractivity contribution in [3.05, 3.63) is 23.8 Å². The Morgan fingerprint density at radius 1 is 1.12 bits per heavy atom. The third-order valence-electron chi connectivity index (χ3n) is 5.85. The number of piperidine rings is 3. The van der Waals surface area contributed by atoms with Crippen LogP contribution in [-0.4, -0.2) is 49.0 Å². The molecule has 4 rings (SSSR count). The summed E-state index contributed by atoms with van der Waals surface area (Å²) >= 11 is 0. The van der Waals surface area contributed by atoms with Crippen LogP contribution >= 0.6 is 0 Å². The van der Waals surface area contributed by atoms with Gasteiger partial charge in [0, 0.05) is 6.04 Å². The third-order valence-corrected chi connectivity index (χ3v) is 5.85. The molecule has 4 nitrogen and oxygen atoms in total. The monoisotopic (exact) mass is 347 g/mol. The highest BCUT2D eigenvalue weighted by atomic mass is 16.5. The molecule has 1 aromatic carbocycles. The molecule has 1 aromatic rings. The Hall–Kier alpha value is -1.26. The topological polar surface area (TPSA) is 41.9 Å². The van der Waals surface area contributed by atoms with Gasteiger partial charge < -0.3 is 14.6 Å². The molecule has 0 spiro atoms. The maximum Gasteiger partial charge on any atom is 0.161 e. The van der Waals surface area contributed by atoms with Gasteiger partial charge in [-0.25, -0.2) is 0 Å². The van der Waals surface area contributed by atoms with E-state index >= 15 is 0 Å². The number of hydrogen-bond acceptors (Lipinski definition) is 4. The van der Waals surface area contributed by atoms with Crippen LogP contribution in [0.2, 0.25) is 0 Å². The molecule has 2 atom stereocenters. The van der Waals surface area contributed by atoms with Gasteiger partial charge in [0.15, 0.2) is 11.5 Å². The summed E-state index contributed by atoms with van der Waals surface area (Å²) in [4.78, 5) is 2.45. The van der Waals surface area contributed by atoms with E-state index in [0.29, 0.717) is 5.92 Å². The van der Waals surface area contributed by atoms with Crippen molar-refractivity contribution in [1.29, 1.82) is 0 Å². The van der Waals surface area contributed by atoms with E-state index in [9.17, 15) is 5.11 Å². The Labute approximate surface area is 152 Å². The van der Waals surface area contributed by atoms with E-state index in [1.54, 1.807) is 7.11 Å². The molecule has 3 aliphatic rings. The van der Waals surface area contributed by atoms with Crippen molar-refractivity contribution in [2.24, 2.45) is 5.92 Å². The van der Waals surface area contributed by atoms with E-state index in [-0.39, 0.29) is 12.1 Å². The molecule has 0 amide bonds. The number of aliphatic hydroxyl groups excluding tert-OH is 1. The normalized spacial score (nSPS) is 28.1. The predicted octanol–water partition coefficient (Wildman–Crippen LogP) is 3.65. The summed E-state index contributed by atoms with van der Waals surface area (Å²) in [5, 5.41) is 10.6. The van der Waals surface area contributed by atoms with Crippen LogP contribution < -0.4 is 9.47 Å². The van der Waals surface area contributed by atoms with Gasteiger partial charge in [0.1, 0.15) is 0 Å². The second kappa shape index (κ2) is 8.91. The molecule has 2 bridgehead atoms. The largest absolute Gasteiger partial charge is 0.493 e. The number of hydrogen-bond donors (Lipinski definition) is 1. The lowest BCUT2D eigenvalue weighted by molar-refractivity contribution is -0.0715. The molecule has 0 aromatic heterocycles. The van der Waals surface area contributed by atoms with E-state index in [2.05, 4.69) is 24.0 Å². The summed E-state index contributed by atoms with van der Waals surface area (Å²) in [6.45, 7) is 5.21. The number of aliphatic hydroxyl groups is 1. The second-order valence-electron chi connectivity index (χ2n) is 7.53. The maximum absolute atomic E-state index is 10.6. The van der Waals surface area contributed by atoms with Gasteiger partial charge in [-0.05, 0) is 62.4 Å². The Morgan fingerprint density at radius 2 is 1.92 bits per heavy atom. The summed E-state index contributed by atoms with van der Waals surface area (Å²) in [6.07, 6.45) is 7.78. The number of methoxy groups -OCH3 is 1. The van der Waals surface area contributed by atoms with E-state index < -0.39 is 0 Å². The fourth-order valence-corrected chi connectivity index (χ4v) is 4.28. The zero-order chi connectivity index (χ0) is 17.6. The fraction of sp³-hybridized carbons (Fsp3) is 0.714. The van der Waals surface area contributed by atoms with Crippen LogP contribution in [0.25, 0.3) is 0 Å². The molecule has 3 saturated heterocycles. The van der Waals surface area contributed by atoms with E-state index in [4.69, 9.17) is 9.47 Å². The predicted molar refractivity (Wildman–Crippen MR) is 100 cm³/mol.